The van der Waals surface area contributed by atoms with Crippen molar-refractivity contribution in [3.05, 3.63) is 89.6 Å². The van der Waals surface area contributed by atoms with Gasteiger partial charge in [0.1, 0.15) is 17.7 Å². The first-order chi connectivity index (χ1) is 18.9. The molecular formula is C32H34N2O5. The Kier molecular flexibility index (Phi) is 7.82. The topological polar surface area (TPSA) is 104 Å². The molecule has 1 heterocycles. The normalized spacial score (nSPS) is 15.8. The number of aliphatic carboxylic acids is 1. The molecule has 0 bridgehead atoms. The van der Waals surface area contributed by atoms with E-state index in [1.54, 1.807) is 20.4 Å². The molecule has 5 rings (SSSR count). The molecule has 1 atom stereocenters. The lowest BCUT2D eigenvalue weighted by molar-refractivity contribution is -0.136. The Bertz CT molecular complexity index is 1480. The Morgan fingerprint density at radius 3 is 2.46 bits per heavy atom. The van der Waals surface area contributed by atoms with Gasteiger partial charge in [-0.25, -0.2) is 4.98 Å². The predicted octanol–water partition coefficient (Wildman–Crippen LogP) is 5.95. The fourth-order valence-electron chi connectivity index (χ4n) is 5.82. The van der Waals surface area contributed by atoms with Gasteiger partial charge in [0, 0.05) is 50.0 Å². The summed E-state index contributed by atoms with van der Waals surface area (Å²) in [6.07, 6.45) is 3.77. The summed E-state index contributed by atoms with van der Waals surface area (Å²) in [7, 11) is 3.44. The third-order valence-corrected chi connectivity index (χ3v) is 7.83. The number of carbonyl (C=O) groups is 1. The molecule has 3 aromatic carbocycles. The van der Waals surface area contributed by atoms with Gasteiger partial charge < -0.3 is 25.1 Å². The van der Waals surface area contributed by atoms with Gasteiger partial charge in [-0.2, -0.15) is 0 Å². The molecule has 0 spiro atoms. The number of hydrogen-bond acceptors (Lipinski definition) is 6. The number of hydrogen-bond donors (Lipinski definition) is 2. The number of nitrogen functional groups attached to an aromatic ring is 1. The number of para-hydroxylation sites is 1. The second-order valence-corrected chi connectivity index (χ2v) is 10.2. The maximum atomic E-state index is 11.5. The second-order valence-electron chi connectivity index (χ2n) is 10.2. The average Bonchev–Trinajstić information content (AvgIpc) is 3.24. The third-order valence-electron chi connectivity index (χ3n) is 7.83. The summed E-state index contributed by atoms with van der Waals surface area (Å²) >= 11 is 0. The predicted molar refractivity (Wildman–Crippen MR) is 152 cm³/mol. The van der Waals surface area contributed by atoms with Crippen molar-refractivity contribution >= 4 is 22.6 Å². The first-order valence-corrected chi connectivity index (χ1v) is 13.2. The van der Waals surface area contributed by atoms with Crippen LogP contribution in [-0.4, -0.2) is 43.5 Å². The quantitative estimate of drug-likeness (QED) is 0.249. The Morgan fingerprint density at radius 2 is 1.72 bits per heavy atom. The molecule has 0 saturated heterocycles. The van der Waals surface area contributed by atoms with Crippen LogP contribution in [0, 0.1) is 0 Å². The summed E-state index contributed by atoms with van der Waals surface area (Å²) in [5.41, 5.74) is 11.1. The molecule has 0 amide bonds. The highest BCUT2D eigenvalue weighted by Crippen LogP contribution is 2.52. The first-order valence-electron chi connectivity index (χ1n) is 13.2. The van der Waals surface area contributed by atoms with Gasteiger partial charge in [0.2, 0.25) is 0 Å². The van der Waals surface area contributed by atoms with Crippen LogP contribution < -0.4 is 10.5 Å². The number of anilines is 1. The molecule has 1 aliphatic rings. The van der Waals surface area contributed by atoms with Crippen LogP contribution in [0.2, 0.25) is 0 Å². The van der Waals surface area contributed by atoms with E-state index in [9.17, 15) is 9.90 Å². The number of fused-ring (bicyclic) bond motifs is 2. The fourth-order valence-corrected chi connectivity index (χ4v) is 5.82. The van der Waals surface area contributed by atoms with Gasteiger partial charge in [-0.1, -0.05) is 42.5 Å². The van der Waals surface area contributed by atoms with Gasteiger partial charge in [-0.15, -0.1) is 0 Å². The van der Waals surface area contributed by atoms with Crippen LogP contribution in [0.15, 0.2) is 72.9 Å². The van der Waals surface area contributed by atoms with Gasteiger partial charge >= 0.3 is 5.97 Å². The molecular weight excluding hydrogens is 492 g/mol. The minimum Gasteiger partial charge on any atom is -0.485 e. The summed E-state index contributed by atoms with van der Waals surface area (Å²) in [6, 6.07) is 22.1. The Labute approximate surface area is 228 Å². The maximum absolute atomic E-state index is 11.5. The van der Waals surface area contributed by atoms with E-state index in [0.717, 1.165) is 46.7 Å². The Hall–Kier alpha value is -3.94. The maximum Gasteiger partial charge on any atom is 0.307 e. The number of nitrogens with zero attached hydrogens (tertiary/aromatic N) is 1. The number of ether oxygens (including phenoxy) is 3. The molecule has 3 N–H and O–H groups in total. The number of benzene rings is 3. The monoisotopic (exact) mass is 526 g/mol. The summed E-state index contributed by atoms with van der Waals surface area (Å²) in [6.45, 7) is 1.23. The van der Waals surface area contributed by atoms with Crippen LogP contribution in [0.3, 0.4) is 0 Å². The molecule has 0 radical (unpaired) electrons. The van der Waals surface area contributed by atoms with Gasteiger partial charge in [0.25, 0.3) is 0 Å². The largest absolute Gasteiger partial charge is 0.485 e. The van der Waals surface area contributed by atoms with Gasteiger partial charge in [0.15, 0.2) is 0 Å². The average molecular weight is 527 g/mol. The van der Waals surface area contributed by atoms with E-state index >= 15 is 0 Å². The van der Waals surface area contributed by atoms with Crippen molar-refractivity contribution < 1.29 is 24.1 Å². The fraction of sp³-hybridized carbons (Fsp3) is 0.312. The zero-order valence-corrected chi connectivity index (χ0v) is 22.4. The smallest absolute Gasteiger partial charge is 0.307 e. The molecule has 7 heteroatoms. The van der Waals surface area contributed by atoms with Gasteiger partial charge in [0.05, 0.1) is 6.42 Å². The minimum atomic E-state index is -0.889. The van der Waals surface area contributed by atoms with Crippen LogP contribution in [-0.2, 0) is 26.1 Å². The highest BCUT2D eigenvalue weighted by Gasteiger charge is 2.44. The molecule has 1 unspecified atom stereocenters. The number of rotatable bonds is 11. The summed E-state index contributed by atoms with van der Waals surface area (Å²) in [5, 5.41) is 11.4. The van der Waals surface area contributed by atoms with Crippen molar-refractivity contribution in [1.82, 2.24) is 4.98 Å². The molecule has 39 heavy (non-hydrogen) atoms. The summed E-state index contributed by atoms with van der Waals surface area (Å²) < 4.78 is 17.7. The van der Waals surface area contributed by atoms with Crippen LogP contribution in [0.5, 0.6) is 5.75 Å². The van der Waals surface area contributed by atoms with Crippen LogP contribution >= 0.6 is 0 Å². The standard InChI is InChI=1S/C32H34N2O5/c1-37-15-12-32(13-16-38-2)20-29(39-28-6-4-3-5-24(28)19-30(35)36)26-18-23(9-10-27(26)32)22-8-7-21-11-14-34-31(33)25(21)17-22/h3-11,14,17-18,29H,12-13,15-16,19-20H2,1-2H3,(H2,33,34)(H,35,36). The molecule has 1 aromatic heterocycles. The number of carboxylic acids is 1. The third kappa shape index (κ3) is 5.46. The molecule has 4 aromatic rings. The lowest BCUT2D eigenvalue weighted by Gasteiger charge is -2.30. The molecule has 202 valence electrons. The zero-order chi connectivity index (χ0) is 27.4. The Morgan fingerprint density at radius 1 is 1.00 bits per heavy atom. The van der Waals surface area contributed by atoms with Crippen molar-refractivity contribution in [3.63, 3.8) is 0 Å². The summed E-state index contributed by atoms with van der Waals surface area (Å²) in [4.78, 5) is 15.8. The first kappa shape index (κ1) is 26.7. The van der Waals surface area contributed by atoms with Crippen LogP contribution in [0.4, 0.5) is 5.82 Å². The van der Waals surface area contributed by atoms with Crippen molar-refractivity contribution in [1.29, 1.82) is 0 Å². The van der Waals surface area contributed by atoms with E-state index in [1.807, 2.05) is 30.3 Å². The highest BCUT2D eigenvalue weighted by atomic mass is 16.5. The van der Waals surface area contributed by atoms with Crippen molar-refractivity contribution in [2.45, 2.75) is 37.2 Å². The van der Waals surface area contributed by atoms with Crippen molar-refractivity contribution in [2.24, 2.45) is 0 Å². The number of aromatic nitrogens is 1. The van der Waals surface area contributed by atoms with Crippen molar-refractivity contribution in [2.75, 3.05) is 33.2 Å². The molecule has 7 nitrogen and oxygen atoms in total. The molecule has 0 saturated carbocycles. The lowest BCUT2D eigenvalue weighted by Crippen LogP contribution is -2.27. The summed E-state index contributed by atoms with van der Waals surface area (Å²) in [5.74, 6) is 0.213. The van der Waals surface area contributed by atoms with E-state index < -0.39 is 5.97 Å². The van der Waals surface area contributed by atoms with E-state index in [-0.39, 0.29) is 17.9 Å². The minimum absolute atomic E-state index is 0.0964. The zero-order valence-electron chi connectivity index (χ0n) is 22.4. The van der Waals surface area contributed by atoms with E-state index in [2.05, 4.69) is 41.4 Å². The van der Waals surface area contributed by atoms with Gasteiger partial charge in [-0.05, 0) is 71.2 Å². The van der Waals surface area contributed by atoms with E-state index in [4.69, 9.17) is 19.9 Å². The highest BCUT2D eigenvalue weighted by molar-refractivity contribution is 5.94. The Balaban J connectivity index is 1.60. The number of carboxylic acid groups (broad SMARTS) is 1. The number of methoxy groups -OCH3 is 2. The number of nitrogens with two attached hydrogens (primary N) is 1. The second kappa shape index (κ2) is 11.4. The van der Waals surface area contributed by atoms with E-state index in [1.165, 1.54) is 5.56 Å². The van der Waals surface area contributed by atoms with E-state index in [0.29, 0.717) is 30.3 Å². The SMILES string of the molecule is COCCC1(CCOC)CC(Oc2ccccc2CC(=O)O)c2cc(-c3ccc4ccnc(N)c4c3)ccc21. The number of pyridine rings is 1. The van der Waals surface area contributed by atoms with Crippen LogP contribution in [0.1, 0.15) is 42.1 Å². The lowest BCUT2D eigenvalue weighted by atomic mass is 9.76. The van der Waals surface area contributed by atoms with Gasteiger partial charge in [-0.3, -0.25) is 4.79 Å². The van der Waals surface area contributed by atoms with Crippen molar-refractivity contribution in [3.8, 4) is 16.9 Å². The molecule has 0 fully saturated rings. The molecule has 0 aliphatic heterocycles. The molecule has 1 aliphatic carbocycles. The van der Waals surface area contributed by atoms with Crippen LogP contribution in [0.25, 0.3) is 21.9 Å².